The lowest BCUT2D eigenvalue weighted by Gasteiger charge is -2.44. The van der Waals surface area contributed by atoms with Crippen molar-refractivity contribution in [1.82, 2.24) is 9.80 Å². The van der Waals surface area contributed by atoms with E-state index in [4.69, 9.17) is 4.74 Å². The summed E-state index contributed by atoms with van der Waals surface area (Å²) in [5.41, 5.74) is -1.35. The second kappa shape index (κ2) is 8.50. The van der Waals surface area contributed by atoms with Crippen molar-refractivity contribution >= 4 is 6.09 Å². The molecule has 1 aliphatic rings. The van der Waals surface area contributed by atoms with Crippen LogP contribution in [0.3, 0.4) is 0 Å². The summed E-state index contributed by atoms with van der Waals surface area (Å²) in [6, 6.07) is 2.74. The highest BCUT2D eigenvalue weighted by atomic mass is 19.4. The molecule has 0 saturated carbocycles. The van der Waals surface area contributed by atoms with E-state index in [0.717, 1.165) is 12.1 Å². The van der Waals surface area contributed by atoms with Crippen LogP contribution in [0.5, 0.6) is 0 Å². The van der Waals surface area contributed by atoms with E-state index >= 15 is 0 Å². The summed E-state index contributed by atoms with van der Waals surface area (Å²) in [6.07, 6.45) is -5.10. The van der Waals surface area contributed by atoms with Gasteiger partial charge in [0.25, 0.3) is 0 Å². The normalized spacial score (nSPS) is 20.1. The summed E-state index contributed by atoms with van der Waals surface area (Å²) >= 11 is 0. The van der Waals surface area contributed by atoms with Crippen molar-refractivity contribution in [2.24, 2.45) is 5.92 Å². The van der Waals surface area contributed by atoms with Crippen LogP contribution in [0.25, 0.3) is 0 Å². The average molecular weight is 418 g/mol. The van der Waals surface area contributed by atoms with Crippen LogP contribution < -0.4 is 0 Å². The van der Waals surface area contributed by atoms with Gasteiger partial charge in [-0.2, -0.15) is 13.2 Å². The molecule has 1 aliphatic heterocycles. The van der Waals surface area contributed by atoms with E-state index in [1.807, 2.05) is 20.8 Å². The van der Waals surface area contributed by atoms with E-state index in [1.165, 1.54) is 6.07 Å². The van der Waals surface area contributed by atoms with Crippen LogP contribution in [0.2, 0.25) is 0 Å². The monoisotopic (exact) mass is 418 g/mol. The highest BCUT2D eigenvalue weighted by Gasteiger charge is 2.37. The van der Waals surface area contributed by atoms with Crippen molar-refractivity contribution in [3.8, 4) is 0 Å². The van der Waals surface area contributed by atoms with Crippen LogP contribution in [-0.4, -0.2) is 47.2 Å². The zero-order valence-corrected chi connectivity index (χ0v) is 17.8. The second-order valence-corrected chi connectivity index (χ2v) is 8.94. The molecule has 0 N–H and O–H groups in total. The Morgan fingerprint density at radius 3 is 2.24 bits per heavy atom. The number of nitrogens with zero attached hydrogens (tertiary/aromatic N) is 2. The Labute approximate surface area is 169 Å². The fourth-order valence-corrected chi connectivity index (χ4v) is 3.79. The Hall–Kier alpha value is -1.83. The van der Waals surface area contributed by atoms with Crippen molar-refractivity contribution < 1.29 is 27.1 Å². The van der Waals surface area contributed by atoms with Gasteiger partial charge in [0.15, 0.2) is 0 Å². The van der Waals surface area contributed by atoms with Gasteiger partial charge in [0.2, 0.25) is 0 Å². The zero-order chi connectivity index (χ0) is 22.1. The van der Waals surface area contributed by atoms with E-state index in [1.54, 1.807) is 25.7 Å². The summed E-state index contributed by atoms with van der Waals surface area (Å²) in [5, 5.41) is 0. The molecular formula is C21H30F4N2O2. The minimum atomic E-state index is -4.72. The molecule has 0 spiro atoms. The third kappa shape index (κ3) is 5.84. The Bertz CT molecular complexity index is 728. The quantitative estimate of drug-likeness (QED) is 0.609. The van der Waals surface area contributed by atoms with E-state index in [2.05, 4.69) is 4.90 Å². The highest BCUT2D eigenvalue weighted by Crippen LogP contribution is 2.36. The number of piperazine rings is 1. The first-order valence-corrected chi connectivity index (χ1v) is 9.81. The number of ether oxygens (including phenoxy) is 1. The Morgan fingerprint density at radius 2 is 1.79 bits per heavy atom. The van der Waals surface area contributed by atoms with Gasteiger partial charge in [-0.15, -0.1) is 0 Å². The molecule has 0 bridgehead atoms. The molecule has 8 heteroatoms. The maximum Gasteiger partial charge on any atom is 0.419 e. The van der Waals surface area contributed by atoms with Crippen LogP contribution in [0.15, 0.2) is 18.2 Å². The molecule has 1 fully saturated rings. The van der Waals surface area contributed by atoms with Crippen molar-refractivity contribution in [3.05, 3.63) is 35.1 Å². The van der Waals surface area contributed by atoms with Crippen LogP contribution in [0.1, 0.15) is 58.7 Å². The fraction of sp³-hybridized carbons (Fsp3) is 0.667. The lowest BCUT2D eigenvalue weighted by Crippen LogP contribution is -2.56. The summed E-state index contributed by atoms with van der Waals surface area (Å²) in [6.45, 7) is 12.7. The van der Waals surface area contributed by atoms with Crippen molar-refractivity contribution in [2.45, 2.75) is 65.4 Å². The molecule has 1 aromatic rings. The molecule has 4 nitrogen and oxygen atoms in total. The lowest BCUT2D eigenvalue weighted by atomic mass is 9.92. The maximum absolute atomic E-state index is 14.1. The van der Waals surface area contributed by atoms with Gasteiger partial charge >= 0.3 is 12.3 Å². The van der Waals surface area contributed by atoms with Crippen LogP contribution in [-0.2, 0) is 10.9 Å². The third-order valence-corrected chi connectivity index (χ3v) is 4.95. The number of halogens is 4. The summed E-state index contributed by atoms with van der Waals surface area (Å²) in [7, 11) is 0. The molecule has 2 unspecified atom stereocenters. The van der Waals surface area contributed by atoms with Gasteiger partial charge in [0.1, 0.15) is 11.4 Å². The third-order valence-electron chi connectivity index (χ3n) is 4.95. The number of carbonyl (C=O) groups excluding carboxylic acids is 1. The molecule has 0 aliphatic carbocycles. The smallest absolute Gasteiger partial charge is 0.419 e. The Morgan fingerprint density at radius 1 is 1.17 bits per heavy atom. The summed E-state index contributed by atoms with van der Waals surface area (Å²) in [4.78, 5) is 16.2. The number of alkyl halides is 3. The second-order valence-electron chi connectivity index (χ2n) is 8.94. The fourth-order valence-electron chi connectivity index (χ4n) is 3.79. The highest BCUT2D eigenvalue weighted by molar-refractivity contribution is 5.68. The molecule has 2 atom stereocenters. The predicted molar refractivity (Wildman–Crippen MR) is 103 cm³/mol. The van der Waals surface area contributed by atoms with Crippen LogP contribution in [0.4, 0.5) is 22.4 Å². The predicted octanol–water partition coefficient (Wildman–Crippen LogP) is 5.48. The molecule has 1 amide bonds. The van der Waals surface area contributed by atoms with Gasteiger partial charge in [0, 0.05) is 31.7 Å². The molecule has 2 rings (SSSR count). The van der Waals surface area contributed by atoms with Crippen molar-refractivity contribution in [3.63, 3.8) is 0 Å². The van der Waals surface area contributed by atoms with Crippen LogP contribution >= 0.6 is 0 Å². The first kappa shape index (κ1) is 23.4. The van der Waals surface area contributed by atoms with Gasteiger partial charge < -0.3 is 9.64 Å². The largest absolute Gasteiger partial charge is 0.444 e. The minimum absolute atomic E-state index is 0.0476. The number of benzene rings is 1. The molecule has 164 valence electrons. The van der Waals surface area contributed by atoms with Crippen molar-refractivity contribution in [1.29, 1.82) is 0 Å². The molecule has 29 heavy (non-hydrogen) atoms. The van der Waals surface area contributed by atoms with E-state index < -0.39 is 23.2 Å². The first-order chi connectivity index (χ1) is 13.2. The molecule has 1 saturated heterocycles. The standard InChI is InChI=1S/C21H30F4N2O2/c1-13(2)18(15-7-8-16(17(22)11-15)21(23,24)25)26-9-10-27(14(3)12-26)19(28)29-20(4,5)6/h7-8,11,13-14,18H,9-10,12H2,1-6H3. The van der Waals surface area contributed by atoms with Gasteiger partial charge in [-0.25, -0.2) is 9.18 Å². The Kier molecular flexibility index (Phi) is 6.87. The summed E-state index contributed by atoms with van der Waals surface area (Å²) in [5.74, 6) is -1.22. The van der Waals surface area contributed by atoms with Gasteiger partial charge in [-0.3, -0.25) is 4.90 Å². The van der Waals surface area contributed by atoms with E-state index in [9.17, 15) is 22.4 Å². The number of carbonyl (C=O) groups is 1. The molecule has 1 aromatic carbocycles. The first-order valence-electron chi connectivity index (χ1n) is 9.81. The van der Waals surface area contributed by atoms with E-state index in [-0.39, 0.29) is 24.1 Å². The molecule has 0 radical (unpaired) electrons. The molecular weight excluding hydrogens is 388 g/mol. The lowest BCUT2D eigenvalue weighted by molar-refractivity contribution is -0.140. The number of amides is 1. The number of hydrogen-bond acceptors (Lipinski definition) is 3. The maximum atomic E-state index is 14.1. The summed E-state index contributed by atoms with van der Waals surface area (Å²) < 4.78 is 58.2. The molecule has 0 aromatic heterocycles. The minimum Gasteiger partial charge on any atom is -0.444 e. The average Bonchev–Trinajstić information content (AvgIpc) is 2.51. The topological polar surface area (TPSA) is 32.8 Å². The van der Waals surface area contributed by atoms with Gasteiger partial charge in [0.05, 0.1) is 5.56 Å². The van der Waals surface area contributed by atoms with E-state index in [0.29, 0.717) is 25.2 Å². The number of hydrogen-bond donors (Lipinski definition) is 0. The SMILES string of the molecule is CC(C)C(c1ccc(C(F)(F)F)c(F)c1)N1CCN(C(=O)OC(C)(C)C)C(C)C1. The zero-order valence-electron chi connectivity index (χ0n) is 17.8. The Balaban J connectivity index is 2.19. The van der Waals surface area contributed by atoms with Gasteiger partial charge in [-0.05, 0) is 51.3 Å². The van der Waals surface area contributed by atoms with Gasteiger partial charge in [-0.1, -0.05) is 19.9 Å². The van der Waals surface area contributed by atoms with Crippen LogP contribution in [0, 0.1) is 11.7 Å². The molecule has 1 heterocycles. The van der Waals surface area contributed by atoms with Crippen molar-refractivity contribution in [2.75, 3.05) is 19.6 Å². The number of rotatable bonds is 3.